The summed E-state index contributed by atoms with van der Waals surface area (Å²) >= 11 is 5.27. The van der Waals surface area contributed by atoms with Gasteiger partial charge in [0, 0.05) is 41.9 Å². The van der Waals surface area contributed by atoms with Gasteiger partial charge in [-0.2, -0.15) is 0 Å². The fourth-order valence-corrected chi connectivity index (χ4v) is 3.31. The lowest BCUT2D eigenvalue weighted by atomic mass is 10.1. The summed E-state index contributed by atoms with van der Waals surface area (Å²) in [5, 5.41) is 5.58. The van der Waals surface area contributed by atoms with Gasteiger partial charge >= 0.3 is 0 Å². The quantitative estimate of drug-likeness (QED) is 0.928. The van der Waals surface area contributed by atoms with Crippen LogP contribution in [-0.2, 0) is 11.3 Å². The van der Waals surface area contributed by atoms with Crippen molar-refractivity contribution in [2.75, 3.05) is 13.6 Å². The zero-order valence-corrected chi connectivity index (χ0v) is 11.6. The molecule has 5 heteroatoms. The van der Waals surface area contributed by atoms with Crippen LogP contribution >= 0.6 is 27.3 Å². The minimum atomic E-state index is 0.260. The molecule has 1 aliphatic heterocycles. The second kappa shape index (κ2) is 5.29. The van der Waals surface area contributed by atoms with Crippen LogP contribution in [0.5, 0.6) is 0 Å². The van der Waals surface area contributed by atoms with E-state index in [0.29, 0.717) is 12.5 Å². The summed E-state index contributed by atoms with van der Waals surface area (Å²) in [6.45, 7) is 1.70. The molecule has 0 saturated carbocycles. The lowest BCUT2D eigenvalue weighted by Gasteiger charge is -2.30. The third kappa shape index (κ3) is 2.84. The largest absolute Gasteiger partial charge is 0.344 e. The fourth-order valence-electron chi connectivity index (χ4n) is 1.87. The molecule has 1 aromatic rings. The first-order valence-electron chi connectivity index (χ1n) is 5.36. The molecule has 16 heavy (non-hydrogen) atoms. The van der Waals surface area contributed by atoms with Gasteiger partial charge < -0.3 is 10.2 Å². The molecular formula is C11H15BrN2OS. The van der Waals surface area contributed by atoms with Gasteiger partial charge in [-0.25, -0.2) is 0 Å². The Morgan fingerprint density at radius 1 is 1.69 bits per heavy atom. The van der Waals surface area contributed by atoms with E-state index in [1.54, 1.807) is 11.3 Å². The van der Waals surface area contributed by atoms with Gasteiger partial charge in [-0.3, -0.25) is 4.79 Å². The predicted octanol–water partition coefficient (Wildman–Crippen LogP) is 2.22. The number of halogens is 1. The minimum absolute atomic E-state index is 0.260. The van der Waals surface area contributed by atoms with Crippen molar-refractivity contribution in [3.63, 3.8) is 0 Å². The van der Waals surface area contributed by atoms with E-state index in [2.05, 4.69) is 32.7 Å². The molecule has 0 spiro atoms. The number of rotatable bonds is 3. The molecule has 88 valence electrons. The number of hydrogen-bond acceptors (Lipinski definition) is 3. The number of nitrogens with one attached hydrogen (secondary N) is 1. The van der Waals surface area contributed by atoms with Crippen LogP contribution in [0.2, 0.25) is 0 Å². The molecule has 0 aromatic carbocycles. The Labute approximate surface area is 108 Å². The first-order chi connectivity index (χ1) is 7.66. The number of carbonyl (C=O) groups is 1. The van der Waals surface area contributed by atoms with Gasteiger partial charge in [0.2, 0.25) is 5.91 Å². The van der Waals surface area contributed by atoms with Gasteiger partial charge in [-0.1, -0.05) is 0 Å². The van der Waals surface area contributed by atoms with E-state index >= 15 is 0 Å². The Bertz CT molecular complexity index is 380. The third-order valence-electron chi connectivity index (χ3n) is 2.87. The molecule has 1 amide bonds. The van der Waals surface area contributed by atoms with Crippen LogP contribution in [0.1, 0.15) is 17.7 Å². The van der Waals surface area contributed by atoms with Crippen LogP contribution in [-0.4, -0.2) is 30.4 Å². The SMILES string of the molecule is CN1CC(NCc2sccc2Br)CCC1=O. The lowest BCUT2D eigenvalue weighted by molar-refractivity contribution is -0.132. The zero-order valence-electron chi connectivity index (χ0n) is 9.20. The van der Waals surface area contributed by atoms with Gasteiger partial charge in [0.25, 0.3) is 0 Å². The fraction of sp³-hybridized carbons (Fsp3) is 0.545. The molecule has 1 atom stereocenters. The van der Waals surface area contributed by atoms with E-state index < -0.39 is 0 Å². The zero-order chi connectivity index (χ0) is 11.5. The van der Waals surface area contributed by atoms with E-state index in [0.717, 1.165) is 19.5 Å². The average molecular weight is 303 g/mol. The molecular weight excluding hydrogens is 288 g/mol. The Balaban J connectivity index is 1.83. The van der Waals surface area contributed by atoms with E-state index in [9.17, 15) is 4.79 Å². The van der Waals surface area contributed by atoms with Crippen molar-refractivity contribution in [3.05, 3.63) is 20.8 Å². The molecule has 1 N–H and O–H groups in total. The molecule has 1 fully saturated rings. The molecule has 2 heterocycles. The maximum absolute atomic E-state index is 11.3. The standard InChI is InChI=1S/C11H15BrN2OS/c1-14-7-8(2-3-11(14)15)13-6-10-9(12)4-5-16-10/h4-5,8,13H,2-3,6-7H2,1H3. The van der Waals surface area contributed by atoms with Crippen molar-refractivity contribution in [1.82, 2.24) is 10.2 Å². The molecule has 1 aliphatic rings. The highest BCUT2D eigenvalue weighted by Crippen LogP contribution is 2.22. The molecule has 3 nitrogen and oxygen atoms in total. The predicted molar refractivity (Wildman–Crippen MR) is 69.5 cm³/mol. The van der Waals surface area contributed by atoms with Crippen molar-refractivity contribution >= 4 is 33.2 Å². The molecule has 1 saturated heterocycles. The van der Waals surface area contributed by atoms with E-state index in [-0.39, 0.29) is 5.91 Å². The number of carbonyl (C=O) groups excluding carboxylic acids is 1. The first-order valence-corrected chi connectivity index (χ1v) is 7.03. The van der Waals surface area contributed by atoms with Gasteiger partial charge in [0.1, 0.15) is 0 Å². The number of thiophene rings is 1. The van der Waals surface area contributed by atoms with Crippen LogP contribution in [0.15, 0.2) is 15.9 Å². The molecule has 0 bridgehead atoms. The summed E-state index contributed by atoms with van der Waals surface area (Å²) in [5.74, 6) is 0.260. The van der Waals surface area contributed by atoms with Crippen molar-refractivity contribution < 1.29 is 4.79 Å². The Kier molecular flexibility index (Phi) is 4.00. The summed E-state index contributed by atoms with van der Waals surface area (Å²) in [6.07, 6.45) is 1.62. The van der Waals surface area contributed by atoms with Crippen molar-refractivity contribution in [2.45, 2.75) is 25.4 Å². The van der Waals surface area contributed by atoms with E-state index in [4.69, 9.17) is 0 Å². The highest BCUT2D eigenvalue weighted by Gasteiger charge is 2.22. The Hall–Kier alpha value is -0.390. The van der Waals surface area contributed by atoms with E-state index in [1.807, 2.05) is 11.9 Å². The lowest BCUT2D eigenvalue weighted by Crippen LogP contribution is -2.46. The molecule has 2 rings (SSSR count). The van der Waals surface area contributed by atoms with Crippen LogP contribution in [0.4, 0.5) is 0 Å². The third-order valence-corrected chi connectivity index (χ3v) is 4.80. The Morgan fingerprint density at radius 2 is 2.50 bits per heavy atom. The van der Waals surface area contributed by atoms with Gasteiger partial charge in [0.05, 0.1) is 0 Å². The maximum atomic E-state index is 11.3. The van der Waals surface area contributed by atoms with Gasteiger partial charge in [-0.05, 0) is 33.8 Å². The number of hydrogen-bond donors (Lipinski definition) is 1. The average Bonchev–Trinajstić information content (AvgIpc) is 2.66. The van der Waals surface area contributed by atoms with Crippen molar-refractivity contribution in [2.24, 2.45) is 0 Å². The minimum Gasteiger partial charge on any atom is -0.344 e. The highest BCUT2D eigenvalue weighted by atomic mass is 79.9. The second-order valence-electron chi connectivity index (χ2n) is 4.08. The van der Waals surface area contributed by atoms with Gasteiger partial charge in [0.15, 0.2) is 0 Å². The van der Waals surface area contributed by atoms with Crippen LogP contribution < -0.4 is 5.32 Å². The van der Waals surface area contributed by atoms with Gasteiger partial charge in [-0.15, -0.1) is 11.3 Å². The van der Waals surface area contributed by atoms with Crippen LogP contribution in [0.3, 0.4) is 0 Å². The van der Waals surface area contributed by atoms with E-state index in [1.165, 1.54) is 9.35 Å². The monoisotopic (exact) mass is 302 g/mol. The van der Waals surface area contributed by atoms with Crippen LogP contribution in [0.25, 0.3) is 0 Å². The molecule has 1 aromatic heterocycles. The summed E-state index contributed by atoms with van der Waals surface area (Å²) in [4.78, 5) is 14.4. The number of amides is 1. The smallest absolute Gasteiger partial charge is 0.222 e. The van der Waals surface area contributed by atoms with Crippen LogP contribution in [0, 0.1) is 0 Å². The number of likely N-dealkylation sites (N-methyl/N-ethyl adjacent to an activating group) is 1. The number of likely N-dealkylation sites (tertiary alicyclic amines) is 1. The summed E-state index contributed by atoms with van der Waals surface area (Å²) in [5.41, 5.74) is 0. The number of piperidine rings is 1. The summed E-state index contributed by atoms with van der Waals surface area (Å²) in [6, 6.07) is 2.50. The van der Waals surface area contributed by atoms with Crippen molar-refractivity contribution in [3.8, 4) is 0 Å². The Morgan fingerprint density at radius 3 is 3.12 bits per heavy atom. The second-order valence-corrected chi connectivity index (χ2v) is 5.94. The molecule has 1 unspecified atom stereocenters. The normalized spacial score (nSPS) is 21.5. The highest BCUT2D eigenvalue weighted by molar-refractivity contribution is 9.10. The first kappa shape index (κ1) is 12.1. The van der Waals surface area contributed by atoms with Crippen molar-refractivity contribution in [1.29, 1.82) is 0 Å². The summed E-state index contributed by atoms with van der Waals surface area (Å²) < 4.78 is 1.17. The molecule has 0 aliphatic carbocycles. The maximum Gasteiger partial charge on any atom is 0.222 e. The topological polar surface area (TPSA) is 32.3 Å². The molecule has 0 radical (unpaired) electrons. The summed E-state index contributed by atoms with van der Waals surface area (Å²) in [7, 11) is 1.87. The number of nitrogens with zero attached hydrogens (tertiary/aromatic N) is 1.